The first-order valence-electron chi connectivity index (χ1n) is 7.63. The summed E-state index contributed by atoms with van der Waals surface area (Å²) in [6, 6.07) is 3.98. The van der Waals surface area contributed by atoms with Crippen molar-refractivity contribution in [2.45, 2.75) is 45.6 Å². The maximum absolute atomic E-state index is 12.4. The van der Waals surface area contributed by atoms with Gasteiger partial charge in [-0.2, -0.15) is 0 Å². The van der Waals surface area contributed by atoms with Crippen molar-refractivity contribution in [1.82, 2.24) is 4.90 Å². The van der Waals surface area contributed by atoms with Crippen molar-refractivity contribution in [3.63, 3.8) is 0 Å². The molecule has 4 nitrogen and oxygen atoms in total. The van der Waals surface area contributed by atoms with Crippen molar-refractivity contribution in [2.24, 2.45) is 5.92 Å². The van der Waals surface area contributed by atoms with Crippen LogP contribution in [0, 0.1) is 5.92 Å². The average molecular weight is 279 g/mol. The van der Waals surface area contributed by atoms with Crippen molar-refractivity contribution in [1.29, 1.82) is 0 Å². The molecule has 0 aliphatic carbocycles. The lowest BCUT2D eigenvalue weighted by Crippen LogP contribution is -2.40. The monoisotopic (exact) mass is 279 g/mol. The molecule has 1 amide bonds. The van der Waals surface area contributed by atoms with E-state index in [9.17, 15) is 4.79 Å². The Hall–Kier alpha value is -1.29. The Morgan fingerprint density at radius 3 is 3.10 bits per heavy atom. The molecule has 2 unspecified atom stereocenters. The third-order valence-corrected chi connectivity index (χ3v) is 3.94. The third-order valence-electron chi connectivity index (χ3n) is 3.94. The molecule has 20 heavy (non-hydrogen) atoms. The van der Waals surface area contributed by atoms with E-state index in [4.69, 9.17) is 9.15 Å². The molecule has 1 aliphatic rings. The Kier molecular flexibility index (Phi) is 5.65. The van der Waals surface area contributed by atoms with Crippen LogP contribution >= 0.6 is 0 Å². The maximum Gasteiger partial charge on any atom is 0.223 e. The molecule has 1 fully saturated rings. The first-order chi connectivity index (χ1) is 9.72. The number of hydrogen-bond acceptors (Lipinski definition) is 3. The molecular weight excluding hydrogens is 254 g/mol. The van der Waals surface area contributed by atoms with Gasteiger partial charge in [-0.25, -0.2) is 0 Å². The highest BCUT2D eigenvalue weighted by atomic mass is 16.5. The predicted molar refractivity (Wildman–Crippen MR) is 77.3 cm³/mol. The molecular formula is C16H25NO3. The Labute approximate surface area is 121 Å². The summed E-state index contributed by atoms with van der Waals surface area (Å²) in [4.78, 5) is 14.4. The summed E-state index contributed by atoms with van der Waals surface area (Å²) >= 11 is 0. The van der Waals surface area contributed by atoms with Crippen molar-refractivity contribution in [3.8, 4) is 0 Å². The molecule has 0 N–H and O–H groups in total. The van der Waals surface area contributed by atoms with E-state index < -0.39 is 0 Å². The topological polar surface area (TPSA) is 42.7 Å². The second kappa shape index (κ2) is 7.48. The van der Waals surface area contributed by atoms with Crippen molar-refractivity contribution in [3.05, 3.63) is 24.2 Å². The second-order valence-corrected chi connectivity index (χ2v) is 5.55. The summed E-state index contributed by atoms with van der Waals surface area (Å²) in [5.41, 5.74) is 0. The van der Waals surface area contributed by atoms with Crippen LogP contribution in [0.1, 0.15) is 51.3 Å². The maximum atomic E-state index is 12.4. The average Bonchev–Trinajstić information content (AvgIpc) is 2.97. The molecule has 1 saturated heterocycles. The minimum Gasteiger partial charge on any atom is -0.467 e. The van der Waals surface area contributed by atoms with Gasteiger partial charge in [0.2, 0.25) is 5.91 Å². The highest BCUT2D eigenvalue weighted by molar-refractivity contribution is 5.76. The summed E-state index contributed by atoms with van der Waals surface area (Å²) in [6.07, 6.45) is 5.11. The van der Waals surface area contributed by atoms with Gasteiger partial charge >= 0.3 is 0 Å². The first kappa shape index (κ1) is 15.1. The molecule has 2 heterocycles. The Morgan fingerprint density at radius 2 is 2.40 bits per heavy atom. The van der Waals surface area contributed by atoms with Crippen LogP contribution in [0.25, 0.3) is 0 Å². The molecule has 1 aromatic heterocycles. The molecule has 0 bridgehead atoms. The number of rotatable bonds is 6. The normalized spacial score (nSPS) is 23.0. The van der Waals surface area contributed by atoms with E-state index in [1.807, 2.05) is 24.0 Å². The van der Waals surface area contributed by atoms with Crippen LogP contribution in [0.3, 0.4) is 0 Å². The zero-order valence-corrected chi connectivity index (χ0v) is 12.5. The van der Waals surface area contributed by atoms with Gasteiger partial charge in [0, 0.05) is 26.2 Å². The molecule has 112 valence electrons. The number of piperidine rings is 1. The van der Waals surface area contributed by atoms with Gasteiger partial charge < -0.3 is 14.1 Å². The van der Waals surface area contributed by atoms with E-state index in [0.29, 0.717) is 25.6 Å². The van der Waals surface area contributed by atoms with E-state index in [-0.39, 0.29) is 11.9 Å². The molecule has 0 saturated carbocycles. The van der Waals surface area contributed by atoms with Crippen LogP contribution in [-0.4, -0.2) is 30.6 Å². The molecule has 0 aromatic carbocycles. The Bertz CT molecular complexity index is 402. The standard InChI is InChI=1S/C16H25NO3/c1-3-19-10-5-7-16(18)17-9-8-13(2)12-14(17)15-6-4-11-20-15/h4,6,11,13-14H,3,5,7-10,12H2,1-2H3. The fourth-order valence-electron chi connectivity index (χ4n) is 2.80. The van der Waals surface area contributed by atoms with E-state index in [0.717, 1.165) is 31.6 Å². The summed E-state index contributed by atoms with van der Waals surface area (Å²) in [6.45, 7) is 6.43. The van der Waals surface area contributed by atoms with Crippen molar-refractivity contribution < 1.29 is 13.9 Å². The Balaban J connectivity index is 1.94. The lowest BCUT2D eigenvalue weighted by atomic mass is 9.90. The number of likely N-dealkylation sites (tertiary alicyclic amines) is 1. The van der Waals surface area contributed by atoms with Gasteiger partial charge in [-0.3, -0.25) is 4.79 Å². The van der Waals surface area contributed by atoms with Gasteiger partial charge in [0.05, 0.1) is 12.3 Å². The molecule has 0 radical (unpaired) electrons. The van der Waals surface area contributed by atoms with Crippen LogP contribution < -0.4 is 0 Å². The van der Waals surface area contributed by atoms with Crippen LogP contribution in [0.15, 0.2) is 22.8 Å². The minimum atomic E-state index is 0.105. The summed E-state index contributed by atoms with van der Waals surface area (Å²) in [5, 5.41) is 0. The van der Waals surface area contributed by atoms with Gasteiger partial charge in [0.1, 0.15) is 5.76 Å². The smallest absolute Gasteiger partial charge is 0.223 e. The van der Waals surface area contributed by atoms with Crippen LogP contribution in [0.4, 0.5) is 0 Å². The predicted octanol–water partition coefficient (Wildman–Crippen LogP) is 3.40. The zero-order valence-electron chi connectivity index (χ0n) is 12.5. The number of amides is 1. The van der Waals surface area contributed by atoms with Crippen molar-refractivity contribution >= 4 is 5.91 Å². The van der Waals surface area contributed by atoms with E-state index in [2.05, 4.69) is 6.92 Å². The number of furan rings is 1. The lowest BCUT2D eigenvalue weighted by molar-refractivity contribution is -0.136. The first-order valence-corrected chi connectivity index (χ1v) is 7.63. The number of ether oxygens (including phenoxy) is 1. The molecule has 1 aromatic rings. The molecule has 2 atom stereocenters. The molecule has 1 aliphatic heterocycles. The van der Waals surface area contributed by atoms with E-state index >= 15 is 0 Å². The highest BCUT2D eigenvalue weighted by Gasteiger charge is 2.32. The number of nitrogens with zero attached hydrogens (tertiary/aromatic N) is 1. The van der Waals surface area contributed by atoms with Crippen molar-refractivity contribution in [2.75, 3.05) is 19.8 Å². The number of carbonyl (C=O) groups is 1. The Morgan fingerprint density at radius 1 is 1.55 bits per heavy atom. The van der Waals surface area contributed by atoms with Crippen LogP contribution in [0.5, 0.6) is 0 Å². The highest BCUT2D eigenvalue weighted by Crippen LogP contribution is 2.34. The SMILES string of the molecule is CCOCCCC(=O)N1CCC(C)CC1c1ccco1. The third kappa shape index (κ3) is 3.85. The van der Waals surface area contributed by atoms with Gasteiger partial charge in [0.15, 0.2) is 0 Å². The molecule has 0 spiro atoms. The van der Waals surface area contributed by atoms with E-state index in [1.54, 1.807) is 6.26 Å². The number of hydrogen-bond donors (Lipinski definition) is 0. The fourth-order valence-corrected chi connectivity index (χ4v) is 2.80. The van der Waals surface area contributed by atoms with Gasteiger partial charge in [0.25, 0.3) is 0 Å². The van der Waals surface area contributed by atoms with Crippen LogP contribution in [-0.2, 0) is 9.53 Å². The summed E-state index contributed by atoms with van der Waals surface area (Å²) in [7, 11) is 0. The zero-order chi connectivity index (χ0) is 14.4. The second-order valence-electron chi connectivity index (χ2n) is 5.55. The molecule has 2 rings (SSSR count). The fraction of sp³-hybridized carbons (Fsp3) is 0.688. The largest absolute Gasteiger partial charge is 0.467 e. The number of carbonyl (C=O) groups excluding carboxylic acids is 1. The van der Waals surface area contributed by atoms with Gasteiger partial charge in [-0.1, -0.05) is 6.92 Å². The summed E-state index contributed by atoms with van der Waals surface area (Å²) in [5.74, 6) is 1.77. The lowest BCUT2D eigenvalue weighted by Gasteiger charge is -2.37. The molecule has 4 heteroatoms. The minimum absolute atomic E-state index is 0.105. The van der Waals surface area contributed by atoms with Gasteiger partial charge in [-0.15, -0.1) is 0 Å². The summed E-state index contributed by atoms with van der Waals surface area (Å²) < 4.78 is 10.8. The quantitative estimate of drug-likeness (QED) is 0.750. The van der Waals surface area contributed by atoms with Crippen LogP contribution in [0.2, 0.25) is 0 Å². The van der Waals surface area contributed by atoms with Gasteiger partial charge in [-0.05, 0) is 44.2 Å². The van der Waals surface area contributed by atoms with E-state index in [1.165, 1.54) is 0 Å².